The molecular formula is C24H32ClN7O. The number of fused-ring (bicyclic) bond motifs is 1. The lowest BCUT2D eigenvalue weighted by Gasteiger charge is -2.42. The van der Waals surface area contributed by atoms with Gasteiger partial charge in [0, 0.05) is 52.0 Å². The van der Waals surface area contributed by atoms with Gasteiger partial charge in [-0.05, 0) is 43.1 Å². The lowest BCUT2D eigenvalue weighted by Crippen LogP contribution is -2.48. The molecule has 0 unspecified atom stereocenters. The van der Waals surface area contributed by atoms with E-state index in [1.54, 1.807) is 17.8 Å². The van der Waals surface area contributed by atoms with Crippen LogP contribution in [0.5, 0.6) is 0 Å². The zero-order valence-electron chi connectivity index (χ0n) is 19.8. The van der Waals surface area contributed by atoms with Crippen LogP contribution in [0.1, 0.15) is 49.4 Å². The molecule has 8 nitrogen and oxygen atoms in total. The summed E-state index contributed by atoms with van der Waals surface area (Å²) in [4.78, 5) is 31.5. The van der Waals surface area contributed by atoms with Gasteiger partial charge in [-0.1, -0.05) is 18.5 Å². The van der Waals surface area contributed by atoms with Crippen molar-refractivity contribution in [3.05, 3.63) is 44.5 Å². The smallest absolute Gasteiger partial charge is 0.264 e. The standard InChI is InChI=1S/C24H32ClN7O/c1-14-11-17(26)24(12-14)6-9-32(10-7-24)23-29-16-13-28-20(18(16)22(33)31(23)4)15-5-8-27-21(19(15)25)30(2)3/h5,8,14,17H,6-7,9-13,26H2,1-4H3/t14-,17+/m0/s1. The minimum atomic E-state index is -0.0861. The topological polar surface area (TPSA) is 92.6 Å². The molecule has 2 atom stereocenters. The van der Waals surface area contributed by atoms with Crippen LogP contribution in [-0.2, 0) is 13.6 Å². The van der Waals surface area contributed by atoms with Gasteiger partial charge in [0.1, 0.15) is 5.82 Å². The fraction of sp³-hybridized carbons (Fsp3) is 0.583. The Morgan fingerprint density at radius 2 is 2.00 bits per heavy atom. The molecule has 0 bridgehead atoms. The van der Waals surface area contributed by atoms with E-state index in [4.69, 9.17) is 22.3 Å². The highest BCUT2D eigenvalue weighted by Crippen LogP contribution is 2.48. The van der Waals surface area contributed by atoms with Gasteiger partial charge in [0.05, 0.1) is 28.5 Å². The van der Waals surface area contributed by atoms with Crippen molar-refractivity contribution in [2.45, 2.75) is 45.2 Å². The first-order valence-corrected chi connectivity index (χ1v) is 12.1. The van der Waals surface area contributed by atoms with E-state index in [1.165, 1.54) is 6.42 Å². The van der Waals surface area contributed by atoms with Crippen molar-refractivity contribution in [3.63, 3.8) is 0 Å². The summed E-state index contributed by atoms with van der Waals surface area (Å²) < 4.78 is 1.66. The first-order valence-electron chi connectivity index (χ1n) is 11.7. The summed E-state index contributed by atoms with van der Waals surface area (Å²) >= 11 is 6.64. The van der Waals surface area contributed by atoms with Crippen LogP contribution in [0, 0.1) is 11.3 Å². The second-order valence-electron chi connectivity index (χ2n) is 10.2. The number of aliphatic imine (C=N–C) groups is 1. The van der Waals surface area contributed by atoms with Crippen LogP contribution < -0.4 is 21.1 Å². The summed E-state index contributed by atoms with van der Waals surface area (Å²) in [6.45, 7) is 4.43. The van der Waals surface area contributed by atoms with Crippen LogP contribution in [0.25, 0.3) is 0 Å². The van der Waals surface area contributed by atoms with Gasteiger partial charge in [0.2, 0.25) is 5.95 Å². The number of rotatable bonds is 3. The zero-order chi connectivity index (χ0) is 23.5. The SMILES string of the molecule is C[C@H]1C[C@@H](N)C2(CCN(c3nc4c(c(=O)n3C)C(c3ccnc(N(C)C)c3Cl)=NC4)CC2)C1. The molecule has 5 rings (SSSR count). The van der Waals surface area contributed by atoms with Crippen LogP contribution in [0.2, 0.25) is 5.02 Å². The molecular weight excluding hydrogens is 438 g/mol. The molecule has 4 heterocycles. The van der Waals surface area contributed by atoms with E-state index in [0.717, 1.165) is 38.3 Å². The Bertz CT molecular complexity index is 1180. The lowest BCUT2D eigenvalue weighted by molar-refractivity contribution is 0.192. The Hall–Kier alpha value is -2.45. The number of hydrogen-bond donors (Lipinski definition) is 1. The minimum absolute atomic E-state index is 0.0861. The molecule has 2 aliphatic heterocycles. The molecule has 2 N–H and O–H groups in total. The average molecular weight is 470 g/mol. The summed E-state index contributed by atoms with van der Waals surface area (Å²) in [5.41, 5.74) is 9.26. The molecule has 9 heteroatoms. The molecule has 0 amide bonds. The van der Waals surface area contributed by atoms with Crippen LogP contribution in [0.3, 0.4) is 0 Å². The maximum atomic E-state index is 13.5. The minimum Gasteiger partial charge on any atom is -0.361 e. The van der Waals surface area contributed by atoms with Crippen molar-refractivity contribution in [2.75, 3.05) is 37.0 Å². The quantitative estimate of drug-likeness (QED) is 0.742. The van der Waals surface area contributed by atoms with Gasteiger partial charge in [-0.3, -0.25) is 14.4 Å². The van der Waals surface area contributed by atoms with Crippen LogP contribution in [0.15, 0.2) is 22.1 Å². The molecule has 1 saturated heterocycles. The maximum absolute atomic E-state index is 13.5. The molecule has 33 heavy (non-hydrogen) atoms. The number of piperidine rings is 1. The molecule has 176 valence electrons. The van der Waals surface area contributed by atoms with Gasteiger partial charge in [0.15, 0.2) is 0 Å². The van der Waals surface area contributed by atoms with Crippen molar-refractivity contribution < 1.29 is 0 Å². The van der Waals surface area contributed by atoms with E-state index in [0.29, 0.717) is 45.8 Å². The third-order valence-corrected chi connectivity index (χ3v) is 8.13. The molecule has 2 aromatic heterocycles. The van der Waals surface area contributed by atoms with Crippen LogP contribution in [-0.4, -0.2) is 53.5 Å². The van der Waals surface area contributed by atoms with Crippen molar-refractivity contribution in [3.8, 4) is 0 Å². The Kier molecular flexibility index (Phi) is 5.48. The van der Waals surface area contributed by atoms with E-state index in [9.17, 15) is 4.79 Å². The molecule has 1 aliphatic carbocycles. The number of anilines is 2. The summed E-state index contributed by atoms with van der Waals surface area (Å²) in [5.74, 6) is 2.06. The molecule has 2 aromatic rings. The van der Waals surface area contributed by atoms with E-state index in [2.05, 4.69) is 21.8 Å². The largest absolute Gasteiger partial charge is 0.361 e. The lowest BCUT2D eigenvalue weighted by atomic mass is 9.74. The highest BCUT2D eigenvalue weighted by molar-refractivity contribution is 6.37. The first kappa shape index (κ1) is 22.3. The fourth-order valence-electron chi connectivity index (χ4n) is 5.99. The van der Waals surface area contributed by atoms with Crippen molar-refractivity contribution in [1.29, 1.82) is 0 Å². The molecule has 0 aromatic carbocycles. The second-order valence-corrected chi connectivity index (χ2v) is 10.5. The van der Waals surface area contributed by atoms with Gasteiger partial charge >= 0.3 is 0 Å². The average Bonchev–Trinajstić information content (AvgIpc) is 3.32. The molecule has 3 aliphatic rings. The number of nitrogens with zero attached hydrogens (tertiary/aromatic N) is 6. The van der Waals surface area contributed by atoms with Gasteiger partial charge < -0.3 is 15.5 Å². The molecule has 1 saturated carbocycles. The molecule has 1 spiro atoms. The maximum Gasteiger partial charge on any atom is 0.264 e. The zero-order valence-corrected chi connectivity index (χ0v) is 20.6. The Labute approximate surface area is 199 Å². The van der Waals surface area contributed by atoms with Crippen molar-refractivity contribution >= 4 is 29.1 Å². The normalized spacial score (nSPS) is 23.7. The second kappa shape index (κ2) is 8.09. The summed E-state index contributed by atoms with van der Waals surface area (Å²) in [6.07, 6.45) is 6.11. The number of hydrogen-bond acceptors (Lipinski definition) is 7. The summed E-state index contributed by atoms with van der Waals surface area (Å²) in [5, 5.41) is 0.490. The highest BCUT2D eigenvalue weighted by atomic mass is 35.5. The third-order valence-electron chi connectivity index (χ3n) is 7.76. The molecule has 2 fully saturated rings. The predicted molar refractivity (Wildman–Crippen MR) is 133 cm³/mol. The summed E-state index contributed by atoms with van der Waals surface area (Å²) in [6, 6.07) is 2.09. The van der Waals surface area contributed by atoms with Gasteiger partial charge in [-0.25, -0.2) is 9.97 Å². The predicted octanol–water partition coefficient (Wildman–Crippen LogP) is 2.59. The van der Waals surface area contributed by atoms with Gasteiger partial charge in [0.25, 0.3) is 5.56 Å². The number of nitrogens with two attached hydrogens (primary N) is 1. The number of aromatic nitrogens is 3. The van der Waals surface area contributed by atoms with E-state index in [1.807, 2.05) is 25.1 Å². The van der Waals surface area contributed by atoms with Crippen LogP contribution in [0.4, 0.5) is 11.8 Å². The Morgan fingerprint density at radius 3 is 2.64 bits per heavy atom. The summed E-state index contributed by atoms with van der Waals surface area (Å²) in [7, 11) is 5.57. The van der Waals surface area contributed by atoms with Crippen LogP contribution >= 0.6 is 11.6 Å². The van der Waals surface area contributed by atoms with E-state index < -0.39 is 0 Å². The van der Waals surface area contributed by atoms with E-state index >= 15 is 0 Å². The van der Waals surface area contributed by atoms with Crippen molar-refractivity contribution in [1.82, 2.24) is 14.5 Å². The third kappa shape index (κ3) is 3.54. The van der Waals surface area contributed by atoms with Gasteiger partial charge in [-0.2, -0.15) is 0 Å². The first-order chi connectivity index (χ1) is 15.7. The Balaban J connectivity index is 1.45. The molecule has 0 radical (unpaired) electrons. The monoisotopic (exact) mass is 469 g/mol. The highest BCUT2D eigenvalue weighted by Gasteiger charge is 2.46. The van der Waals surface area contributed by atoms with E-state index in [-0.39, 0.29) is 17.0 Å². The Morgan fingerprint density at radius 1 is 1.27 bits per heavy atom. The van der Waals surface area contributed by atoms with Gasteiger partial charge in [-0.15, -0.1) is 0 Å². The fourth-order valence-corrected chi connectivity index (χ4v) is 6.36. The van der Waals surface area contributed by atoms with Crippen molar-refractivity contribution in [2.24, 2.45) is 29.1 Å². The number of pyridine rings is 1. The number of halogens is 1.